The quantitative estimate of drug-likeness (QED) is 0.850. The minimum Gasteiger partial charge on any atom is -0.495 e. The molecule has 1 aromatic carbocycles. The Balaban J connectivity index is 2.53. The van der Waals surface area contributed by atoms with Crippen molar-refractivity contribution < 1.29 is 9.84 Å². The number of methoxy groups -OCH3 is 1. The molecule has 0 aliphatic carbocycles. The number of halogens is 1. The highest BCUT2D eigenvalue weighted by Crippen LogP contribution is 2.25. The van der Waals surface area contributed by atoms with E-state index >= 15 is 0 Å². The summed E-state index contributed by atoms with van der Waals surface area (Å²) in [6.45, 7) is 3.48. The molecular formula is C13H20ClNO2. The Hall–Kier alpha value is -0.770. The summed E-state index contributed by atoms with van der Waals surface area (Å²) >= 11 is 6.06. The molecule has 17 heavy (non-hydrogen) atoms. The second kappa shape index (κ2) is 6.84. The van der Waals surface area contributed by atoms with Crippen LogP contribution in [-0.2, 0) is 6.54 Å². The largest absolute Gasteiger partial charge is 0.495 e. The third kappa shape index (κ3) is 4.94. The third-order valence-electron chi connectivity index (χ3n) is 2.60. The molecule has 0 aromatic heterocycles. The second-order valence-corrected chi connectivity index (χ2v) is 4.75. The van der Waals surface area contributed by atoms with Crippen LogP contribution in [0.2, 0.25) is 5.02 Å². The van der Waals surface area contributed by atoms with Crippen LogP contribution in [0.1, 0.15) is 18.9 Å². The Morgan fingerprint density at radius 3 is 2.71 bits per heavy atom. The zero-order valence-electron chi connectivity index (χ0n) is 10.6. The van der Waals surface area contributed by atoms with Crippen LogP contribution in [0.5, 0.6) is 5.75 Å². The van der Waals surface area contributed by atoms with Gasteiger partial charge in [0.2, 0.25) is 0 Å². The van der Waals surface area contributed by atoms with Crippen molar-refractivity contribution in [3.8, 4) is 5.75 Å². The molecule has 0 saturated carbocycles. The Labute approximate surface area is 108 Å². The summed E-state index contributed by atoms with van der Waals surface area (Å²) < 4.78 is 5.11. The molecule has 0 aliphatic rings. The van der Waals surface area contributed by atoms with Gasteiger partial charge < -0.3 is 14.7 Å². The predicted octanol–water partition coefficient (Wildman–Crippen LogP) is 2.55. The van der Waals surface area contributed by atoms with E-state index in [-0.39, 0.29) is 6.10 Å². The summed E-state index contributed by atoms with van der Waals surface area (Å²) in [4.78, 5) is 2.16. The van der Waals surface area contributed by atoms with Crippen molar-refractivity contribution in [3.63, 3.8) is 0 Å². The molecule has 0 heterocycles. The number of rotatable bonds is 6. The summed E-state index contributed by atoms with van der Waals surface area (Å²) in [7, 11) is 3.64. The van der Waals surface area contributed by atoms with E-state index in [4.69, 9.17) is 16.3 Å². The highest BCUT2D eigenvalue weighted by atomic mass is 35.5. The lowest BCUT2D eigenvalue weighted by molar-refractivity contribution is 0.163. The van der Waals surface area contributed by atoms with Gasteiger partial charge in [0, 0.05) is 13.1 Å². The number of benzene rings is 1. The molecule has 1 atom stereocenters. The monoisotopic (exact) mass is 257 g/mol. The van der Waals surface area contributed by atoms with Gasteiger partial charge in [0.1, 0.15) is 5.75 Å². The summed E-state index contributed by atoms with van der Waals surface area (Å²) in [5, 5.41) is 9.85. The van der Waals surface area contributed by atoms with Gasteiger partial charge in [-0.05, 0) is 38.1 Å². The van der Waals surface area contributed by atoms with Crippen molar-refractivity contribution in [2.75, 3.05) is 20.7 Å². The molecule has 0 bridgehead atoms. The molecule has 1 rings (SSSR count). The van der Waals surface area contributed by atoms with Crippen LogP contribution in [0.3, 0.4) is 0 Å². The molecule has 4 heteroatoms. The van der Waals surface area contributed by atoms with Crippen LogP contribution in [0.15, 0.2) is 18.2 Å². The molecule has 0 saturated heterocycles. The maximum atomic E-state index is 9.22. The molecule has 0 fully saturated rings. The van der Waals surface area contributed by atoms with E-state index in [1.165, 1.54) is 0 Å². The van der Waals surface area contributed by atoms with Gasteiger partial charge in [-0.1, -0.05) is 17.7 Å². The number of hydrogen-bond donors (Lipinski definition) is 1. The van der Waals surface area contributed by atoms with E-state index in [1.807, 2.05) is 25.2 Å². The SMILES string of the molecule is COc1ccc(CN(C)CCC(C)O)cc1Cl. The second-order valence-electron chi connectivity index (χ2n) is 4.34. The van der Waals surface area contributed by atoms with Crippen LogP contribution >= 0.6 is 11.6 Å². The fraction of sp³-hybridized carbons (Fsp3) is 0.538. The normalized spacial score (nSPS) is 12.8. The molecular weight excluding hydrogens is 238 g/mol. The van der Waals surface area contributed by atoms with Crippen molar-refractivity contribution in [1.82, 2.24) is 4.90 Å². The van der Waals surface area contributed by atoms with Gasteiger partial charge in [-0.25, -0.2) is 0 Å². The summed E-state index contributed by atoms with van der Waals surface area (Å²) in [5.41, 5.74) is 1.14. The van der Waals surface area contributed by atoms with E-state index in [1.54, 1.807) is 14.0 Å². The maximum Gasteiger partial charge on any atom is 0.137 e. The van der Waals surface area contributed by atoms with E-state index in [0.29, 0.717) is 10.8 Å². The first-order chi connectivity index (χ1) is 8.02. The van der Waals surface area contributed by atoms with Gasteiger partial charge in [0.15, 0.2) is 0 Å². The molecule has 3 nitrogen and oxygen atoms in total. The van der Waals surface area contributed by atoms with E-state index in [0.717, 1.165) is 25.1 Å². The van der Waals surface area contributed by atoms with Gasteiger partial charge in [-0.3, -0.25) is 0 Å². The van der Waals surface area contributed by atoms with Gasteiger partial charge in [-0.15, -0.1) is 0 Å². The zero-order valence-corrected chi connectivity index (χ0v) is 11.4. The van der Waals surface area contributed by atoms with Gasteiger partial charge in [0.05, 0.1) is 18.2 Å². The van der Waals surface area contributed by atoms with Crippen LogP contribution in [0.4, 0.5) is 0 Å². The Bertz CT molecular complexity index is 355. The topological polar surface area (TPSA) is 32.7 Å². The number of aliphatic hydroxyl groups excluding tert-OH is 1. The first-order valence-electron chi connectivity index (χ1n) is 5.72. The van der Waals surface area contributed by atoms with Crippen LogP contribution in [-0.4, -0.2) is 36.8 Å². The van der Waals surface area contributed by atoms with Crippen molar-refractivity contribution in [1.29, 1.82) is 0 Å². The van der Waals surface area contributed by atoms with Crippen LogP contribution in [0.25, 0.3) is 0 Å². The number of aliphatic hydroxyl groups is 1. The molecule has 0 aliphatic heterocycles. The van der Waals surface area contributed by atoms with Gasteiger partial charge in [-0.2, -0.15) is 0 Å². The average molecular weight is 258 g/mol. The average Bonchev–Trinajstić information content (AvgIpc) is 2.26. The third-order valence-corrected chi connectivity index (χ3v) is 2.89. The van der Waals surface area contributed by atoms with E-state index in [2.05, 4.69) is 4.90 Å². The highest BCUT2D eigenvalue weighted by Gasteiger charge is 2.05. The maximum absolute atomic E-state index is 9.22. The first kappa shape index (κ1) is 14.3. The summed E-state index contributed by atoms with van der Waals surface area (Å²) in [6.07, 6.45) is 0.525. The lowest BCUT2D eigenvalue weighted by atomic mass is 10.2. The number of hydrogen-bond acceptors (Lipinski definition) is 3. The first-order valence-corrected chi connectivity index (χ1v) is 6.09. The summed E-state index contributed by atoms with van der Waals surface area (Å²) in [6, 6.07) is 5.79. The minimum absolute atomic E-state index is 0.253. The zero-order chi connectivity index (χ0) is 12.8. The molecule has 1 unspecified atom stereocenters. The molecule has 1 N–H and O–H groups in total. The van der Waals surface area contributed by atoms with E-state index in [9.17, 15) is 5.11 Å². The lowest BCUT2D eigenvalue weighted by Gasteiger charge is -2.18. The smallest absolute Gasteiger partial charge is 0.137 e. The number of ether oxygens (including phenoxy) is 1. The van der Waals surface area contributed by atoms with E-state index < -0.39 is 0 Å². The van der Waals surface area contributed by atoms with Crippen molar-refractivity contribution >= 4 is 11.6 Å². The van der Waals surface area contributed by atoms with Crippen LogP contribution in [0, 0.1) is 0 Å². The van der Waals surface area contributed by atoms with Gasteiger partial charge in [0.25, 0.3) is 0 Å². The molecule has 0 amide bonds. The van der Waals surface area contributed by atoms with Crippen LogP contribution < -0.4 is 4.74 Å². The highest BCUT2D eigenvalue weighted by molar-refractivity contribution is 6.32. The lowest BCUT2D eigenvalue weighted by Crippen LogP contribution is -2.22. The Kier molecular flexibility index (Phi) is 5.75. The summed E-state index contributed by atoms with van der Waals surface area (Å²) in [5.74, 6) is 0.696. The molecule has 0 spiro atoms. The Morgan fingerprint density at radius 2 is 2.18 bits per heavy atom. The molecule has 1 aromatic rings. The van der Waals surface area contributed by atoms with Crippen molar-refractivity contribution in [2.24, 2.45) is 0 Å². The Morgan fingerprint density at radius 1 is 1.47 bits per heavy atom. The molecule has 96 valence electrons. The fourth-order valence-electron chi connectivity index (χ4n) is 1.61. The fourth-order valence-corrected chi connectivity index (χ4v) is 1.89. The van der Waals surface area contributed by atoms with Crippen molar-refractivity contribution in [2.45, 2.75) is 26.0 Å². The number of nitrogens with zero attached hydrogens (tertiary/aromatic N) is 1. The minimum atomic E-state index is -0.253. The molecule has 0 radical (unpaired) electrons. The van der Waals surface area contributed by atoms with Crippen molar-refractivity contribution in [3.05, 3.63) is 28.8 Å². The van der Waals surface area contributed by atoms with Gasteiger partial charge >= 0.3 is 0 Å². The standard InChI is InChI=1S/C13H20ClNO2/c1-10(16)6-7-15(2)9-11-4-5-13(17-3)12(14)8-11/h4-5,8,10,16H,6-7,9H2,1-3H3. The predicted molar refractivity (Wildman–Crippen MR) is 70.6 cm³/mol.